The molecule has 0 unspecified atom stereocenters. The molecule has 0 radical (unpaired) electrons. The number of halogens is 2. The number of rotatable bonds is 8. The molecule has 8 heteroatoms. The van der Waals surface area contributed by atoms with Crippen molar-refractivity contribution in [1.29, 1.82) is 0 Å². The highest BCUT2D eigenvalue weighted by Gasteiger charge is 2.42. The number of hydrogen-bond acceptors (Lipinski definition) is 4. The van der Waals surface area contributed by atoms with Gasteiger partial charge in [0, 0.05) is 23.0 Å². The number of nitrogens with two attached hydrogens (primary N) is 1. The van der Waals surface area contributed by atoms with E-state index < -0.39 is 17.7 Å². The molecule has 0 bridgehead atoms. The van der Waals surface area contributed by atoms with Gasteiger partial charge in [0.15, 0.2) is 11.5 Å². The van der Waals surface area contributed by atoms with Gasteiger partial charge in [-0.25, -0.2) is 0 Å². The maximum absolute atomic E-state index is 12.4. The van der Waals surface area contributed by atoms with Crippen LogP contribution < -0.4 is 5.32 Å². The molecule has 0 spiro atoms. The number of aliphatic hydroxyl groups is 2. The zero-order valence-electron chi connectivity index (χ0n) is 13.8. The number of hydrogen-bond donors (Lipinski definition) is 3. The van der Waals surface area contributed by atoms with Crippen LogP contribution in [0.3, 0.4) is 0 Å². The third-order valence-electron chi connectivity index (χ3n) is 4.08. The Morgan fingerprint density at radius 1 is 1.32 bits per heavy atom. The first-order valence-corrected chi connectivity index (χ1v) is 8.76. The lowest BCUT2D eigenvalue weighted by atomic mass is 9.96. The Bertz CT molecular complexity index is 706. The molecule has 1 aliphatic rings. The van der Waals surface area contributed by atoms with Crippen molar-refractivity contribution in [3.8, 4) is 0 Å². The number of carbonyl (C=O) groups is 2. The van der Waals surface area contributed by atoms with Crippen molar-refractivity contribution in [2.24, 2.45) is 0 Å². The molecule has 1 atom stereocenters. The maximum atomic E-state index is 12.4. The molecule has 6 nitrogen and oxygen atoms in total. The summed E-state index contributed by atoms with van der Waals surface area (Å²) in [5, 5.41) is 21.7. The second-order valence-electron chi connectivity index (χ2n) is 5.83. The van der Waals surface area contributed by atoms with Crippen LogP contribution in [0.1, 0.15) is 24.9 Å². The Morgan fingerprint density at radius 2 is 2.04 bits per heavy atom. The topological polar surface area (TPSA) is 94.5 Å². The Labute approximate surface area is 156 Å². The van der Waals surface area contributed by atoms with Crippen LogP contribution in [0.5, 0.6) is 0 Å². The number of aliphatic hydroxyl groups excluding tert-OH is 2. The highest BCUT2D eigenvalue weighted by molar-refractivity contribution is 6.35. The van der Waals surface area contributed by atoms with Gasteiger partial charge in [0.05, 0.1) is 31.3 Å². The van der Waals surface area contributed by atoms with E-state index >= 15 is 0 Å². The summed E-state index contributed by atoms with van der Waals surface area (Å²) < 4.78 is 0. The van der Waals surface area contributed by atoms with Gasteiger partial charge in [0.2, 0.25) is 0 Å². The summed E-state index contributed by atoms with van der Waals surface area (Å²) >= 11 is 12.2. The van der Waals surface area contributed by atoms with Crippen LogP contribution in [0.15, 0.2) is 29.5 Å². The maximum Gasteiger partial charge on any atom is 0.290 e. The molecule has 1 heterocycles. The molecular formula is C17H21Cl2N2O4+. The smallest absolute Gasteiger partial charge is 0.290 e. The lowest BCUT2D eigenvalue weighted by molar-refractivity contribution is -0.656. The van der Waals surface area contributed by atoms with Crippen molar-refractivity contribution in [3.63, 3.8) is 0 Å². The Hall–Kier alpha value is -1.60. The van der Waals surface area contributed by atoms with Crippen LogP contribution in [0.2, 0.25) is 10.0 Å². The van der Waals surface area contributed by atoms with Crippen LogP contribution in [0.25, 0.3) is 0 Å². The molecule has 1 aliphatic heterocycles. The van der Waals surface area contributed by atoms with Crippen molar-refractivity contribution in [2.75, 3.05) is 26.2 Å². The van der Waals surface area contributed by atoms with E-state index in [1.165, 1.54) is 11.8 Å². The molecule has 0 aliphatic carbocycles. The van der Waals surface area contributed by atoms with E-state index in [0.717, 1.165) is 0 Å². The van der Waals surface area contributed by atoms with E-state index in [0.29, 0.717) is 41.7 Å². The fourth-order valence-electron chi connectivity index (χ4n) is 2.93. The molecule has 0 aromatic heterocycles. The zero-order valence-corrected chi connectivity index (χ0v) is 15.3. The lowest BCUT2D eigenvalue weighted by Crippen LogP contribution is -2.85. The van der Waals surface area contributed by atoms with E-state index in [9.17, 15) is 14.7 Å². The van der Waals surface area contributed by atoms with E-state index in [-0.39, 0.29) is 18.0 Å². The van der Waals surface area contributed by atoms with Crippen molar-refractivity contribution in [3.05, 3.63) is 45.1 Å². The van der Waals surface area contributed by atoms with Crippen molar-refractivity contribution in [2.45, 2.75) is 19.4 Å². The Balaban J connectivity index is 2.31. The van der Waals surface area contributed by atoms with Crippen LogP contribution in [-0.2, 0) is 9.59 Å². The second-order valence-corrected chi connectivity index (χ2v) is 6.67. The minimum absolute atomic E-state index is 0.0496. The third kappa shape index (κ3) is 4.33. The minimum atomic E-state index is -0.729. The average Bonchev–Trinajstić information content (AvgIpc) is 2.79. The molecule has 0 saturated heterocycles. The number of quaternary nitrogens is 1. The highest BCUT2D eigenvalue weighted by atomic mass is 35.5. The zero-order chi connectivity index (χ0) is 18.6. The largest absolute Gasteiger partial charge is 0.503 e. The third-order valence-corrected chi connectivity index (χ3v) is 4.64. The van der Waals surface area contributed by atoms with E-state index in [1.54, 1.807) is 18.2 Å². The fraction of sp³-hybridized carbons (Fsp3) is 0.412. The number of benzene rings is 1. The van der Waals surface area contributed by atoms with Crippen LogP contribution in [0.4, 0.5) is 0 Å². The van der Waals surface area contributed by atoms with Crippen molar-refractivity contribution >= 4 is 34.9 Å². The molecule has 1 aromatic carbocycles. The van der Waals surface area contributed by atoms with Gasteiger partial charge in [0.25, 0.3) is 5.91 Å². The monoisotopic (exact) mass is 387 g/mol. The second kappa shape index (κ2) is 8.67. The number of Topliss-reactive ketones (excluding diaryl/α,β-unsaturated/α-hetero) is 1. The molecule has 4 N–H and O–H groups in total. The average molecular weight is 388 g/mol. The number of carbonyl (C=O) groups excluding carboxylic acids is 2. The molecule has 1 aromatic rings. The van der Waals surface area contributed by atoms with Gasteiger partial charge in [-0.3, -0.25) is 9.59 Å². The molecule has 136 valence electrons. The fourth-order valence-corrected chi connectivity index (χ4v) is 3.44. The molecule has 0 fully saturated rings. The number of amides is 1. The van der Waals surface area contributed by atoms with Crippen molar-refractivity contribution < 1.29 is 25.1 Å². The molecule has 25 heavy (non-hydrogen) atoms. The molecule has 0 saturated carbocycles. The number of nitrogens with zero attached hydrogens (tertiary/aromatic N) is 1. The van der Waals surface area contributed by atoms with Crippen LogP contribution in [0, 0.1) is 0 Å². The summed E-state index contributed by atoms with van der Waals surface area (Å²) in [5.74, 6) is -1.48. The quantitative estimate of drug-likeness (QED) is 0.584. The van der Waals surface area contributed by atoms with Crippen LogP contribution in [-0.4, -0.2) is 53.0 Å². The van der Waals surface area contributed by atoms with Gasteiger partial charge >= 0.3 is 0 Å². The molecule has 2 rings (SSSR count). The molecular weight excluding hydrogens is 367 g/mol. The van der Waals surface area contributed by atoms with Gasteiger partial charge in [-0.05, 0) is 24.6 Å². The predicted octanol–water partition coefficient (Wildman–Crippen LogP) is 1.22. The predicted molar refractivity (Wildman–Crippen MR) is 94.6 cm³/mol. The first-order chi connectivity index (χ1) is 11.9. The van der Waals surface area contributed by atoms with E-state index in [1.807, 2.05) is 5.32 Å². The summed E-state index contributed by atoms with van der Waals surface area (Å²) in [6.45, 7) is 3.05. The van der Waals surface area contributed by atoms with Gasteiger partial charge < -0.3 is 20.4 Å². The van der Waals surface area contributed by atoms with E-state index in [2.05, 4.69) is 0 Å². The summed E-state index contributed by atoms with van der Waals surface area (Å²) in [5.41, 5.74) is 0.599. The number of ketones is 1. The standard InChI is InChI=1S/C17H20Cl2N2O4/c1-10(23)14-15(12-4-3-11(18)9-13(12)19)21(17(25)16(14)24)7-2-5-20-6-8-22/h3-4,9,15,20,22,24H,2,5-8H2,1H3/p+1/t15-/m1/s1. The first-order valence-electron chi connectivity index (χ1n) is 8.01. The Morgan fingerprint density at radius 3 is 2.64 bits per heavy atom. The molecule has 1 amide bonds. The first kappa shape index (κ1) is 19.7. The van der Waals surface area contributed by atoms with Gasteiger partial charge in [0.1, 0.15) is 0 Å². The van der Waals surface area contributed by atoms with Gasteiger partial charge in [-0.1, -0.05) is 29.3 Å². The summed E-state index contributed by atoms with van der Waals surface area (Å²) in [6.07, 6.45) is 0.645. The van der Waals surface area contributed by atoms with E-state index in [4.69, 9.17) is 28.3 Å². The summed E-state index contributed by atoms with van der Waals surface area (Å²) in [6, 6.07) is 4.11. The normalized spacial score (nSPS) is 17.5. The summed E-state index contributed by atoms with van der Waals surface area (Å²) in [7, 11) is 0. The minimum Gasteiger partial charge on any atom is -0.503 e. The van der Waals surface area contributed by atoms with Crippen LogP contribution >= 0.6 is 23.2 Å². The summed E-state index contributed by atoms with van der Waals surface area (Å²) in [4.78, 5) is 25.9. The van der Waals surface area contributed by atoms with Gasteiger partial charge in [-0.2, -0.15) is 0 Å². The highest BCUT2D eigenvalue weighted by Crippen LogP contribution is 2.41. The van der Waals surface area contributed by atoms with Gasteiger partial charge in [-0.15, -0.1) is 0 Å². The lowest BCUT2D eigenvalue weighted by Gasteiger charge is -2.27. The SMILES string of the molecule is CC(=O)C1=C(O)C(=O)N(CCC[NH2+]CCO)[C@@H]1c1ccc(Cl)cc1Cl. The van der Waals surface area contributed by atoms with Crippen molar-refractivity contribution in [1.82, 2.24) is 4.90 Å². The Kier molecular flexibility index (Phi) is 6.84.